The van der Waals surface area contributed by atoms with Crippen molar-refractivity contribution in [1.29, 1.82) is 0 Å². The number of aliphatic imine (C=N–C) groups is 1. The van der Waals surface area contributed by atoms with E-state index in [9.17, 15) is 0 Å². The molecule has 130 valence electrons. The van der Waals surface area contributed by atoms with Crippen molar-refractivity contribution < 1.29 is 0 Å². The average molecular weight is 448 g/mol. The van der Waals surface area contributed by atoms with E-state index in [0.717, 1.165) is 38.7 Å². The van der Waals surface area contributed by atoms with Crippen molar-refractivity contribution in [2.45, 2.75) is 19.1 Å². The van der Waals surface area contributed by atoms with Gasteiger partial charge in [0.25, 0.3) is 0 Å². The number of hydrogen-bond donors (Lipinski definition) is 1. The van der Waals surface area contributed by atoms with Crippen molar-refractivity contribution in [2.75, 3.05) is 50.9 Å². The first-order valence-electron chi connectivity index (χ1n) is 7.94. The zero-order valence-electron chi connectivity index (χ0n) is 14.6. The summed E-state index contributed by atoms with van der Waals surface area (Å²) in [6.07, 6.45) is 2.15. The second-order valence-electron chi connectivity index (χ2n) is 5.79. The minimum atomic E-state index is 0. The van der Waals surface area contributed by atoms with Crippen molar-refractivity contribution in [1.82, 2.24) is 10.2 Å². The minimum absolute atomic E-state index is 0. The van der Waals surface area contributed by atoms with Crippen LogP contribution in [0.1, 0.15) is 12.5 Å². The lowest BCUT2D eigenvalue weighted by Gasteiger charge is -2.38. The van der Waals surface area contributed by atoms with Crippen LogP contribution in [-0.2, 0) is 0 Å². The summed E-state index contributed by atoms with van der Waals surface area (Å²) in [4.78, 5) is 9.25. The highest BCUT2D eigenvalue weighted by atomic mass is 127. The Morgan fingerprint density at radius 2 is 2.00 bits per heavy atom. The number of nitrogens with zero attached hydrogens (tertiary/aromatic N) is 3. The first-order valence-corrected chi connectivity index (χ1v) is 9.23. The second-order valence-corrected chi connectivity index (χ2v) is 7.06. The number of thioether (sulfide) groups is 1. The molecule has 6 heteroatoms. The molecule has 0 bridgehead atoms. The molecule has 1 heterocycles. The zero-order valence-corrected chi connectivity index (χ0v) is 17.7. The number of hydrogen-bond acceptors (Lipinski definition) is 3. The predicted molar refractivity (Wildman–Crippen MR) is 115 cm³/mol. The van der Waals surface area contributed by atoms with Crippen molar-refractivity contribution in [2.24, 2.45) is 4.99 Å². The van der Waals surface area contributed by atoms with Gasteiger partial charge in [0, 0.05) is 50.7 Å². The number of benzene rings is 1. The van der Waals surface area contributed by atoms with Gasteiger partial charge in [0.1, 0.15) is 0 Å². The van der Waals surface area contributed by atoms with Crippen LogP contribution in [0.15, 0.2) is 29.3 Å². The number of anilines is 1. The zero-order chi connectivity index (χ0) is 15.9. The number of guanidine groups is 1. The maximum absolute atomic E-state index is 4.43. The van der Waals surface area contributed by atoms with Crippen LogP contribution >= 0.6 is 35.7 Å². The first-order chi connectivity index (χ1) is 10.6. The number of piperazine rings is 1. The van der Waals surface area contributed by atoms with Gasteiger partial charge in [-0.15, -0.1) is 24.0 Å². The molecule has 0 aromatic heterocycles. The molecule has 4 nitrogen and oxygen atoms in total. The fourth-order valence-corrected chi connectivity index (χ4v) is 2.90. The highest BCUT2D eigenvalue weighted by Gasteiger charge is 2.20. The predicted octanol–water partition coefficient (Wildman–Crippen LogP) is 3.06. The lowest BCUT2D eigenvalue weighted by Crippen LogP contribution is -2.53. The molecule has 1 atom stereocenters. The van der Waals surface area contributed by atoms with Crippen molar-refractivity contribution in [3.63, 3.8) is 0 Å². The van der Waals surface area contributed by atoms with E-state index in [2.05, 4.69) is 64.5 Å². The Balaban J connectivity index is 0.00000264. The number of aryl methyl sites for hydroxylation is 1. The maximum atomic E-state index is 4.43. The molecule has 1 aliphatic rings. The van der Waals surface area contributed by atoms with Crippen LogP contribution in [0.3, 0.4) is 0 Å². The van der Waals surface area contributed by atoms with Crippen LogP contribution in [0, 0.1) is 6.92 Å². The molecule has 1 saturated heterocycles. The van der Waals surface area contributed by atoms with Crippen LogP contribution in [0.2, 0.25) is 0 Å². The lowest BCUT2D eigenvalue weighted by molar-refractivity contribution is 0.373. The number of halogens is 1. The van der Waals surface area contributed by atoms with Crippen LogP contribution in [0.25, 0.3) is 0 Å². The summed E-state index contributed by atoms with van der Waals surface area (Å²) in [5.41, 5.74) is 2.65. The van der Waals surface area contributed by atoms with Crippen LogP contribution in [0.5, 0.6) is 0 Å². The lowest BCUT2D eigenvalue weighted by atomic mass is 10.2. The molecule has 2 rings (SSSR count). The fourth-order valence-electron chi connectivity index (χ4n) is 2.65. The molecule has 0 spiro atoms. The maximum Gasteiger partial charge on any atom is 0.193 e. The average Bonchev–Trinajstić information content (AvgIpc) is 2.55. The normalized spacial score (nSPS) is 16.8. The number of rotatable bonds is 4. The van der Waals surface area contributed by atoms with E-state index in [1.165, 1.54) is 11.3 Å². The van der Waals surface area contributed by atoms with Gasteiger partial charge in [-0.1, -0.05) is 19.1 Å². The number of nitrogens with one attached hydrogen (secondary N) is 1. The largest absolute Gasteiger partial charge is 0.368 e. The second kappa shape index (κ2) is 10.3. The highest BCUT2D eigenvalue weighted by Crippen LogP contribution is 2.17. The van der Waals surface area contributed by atoms with E-state index in [4.69, 9.17) is 0 Å². The first kappa shape index (κ1) is 20.4. The van der Waals surface area contributed by atoms with E-state index >= 15 is 0 Å². The monoisotopic (exact) mass is 448 g/mol. The summed E-state index contributed by atoms with van der Waals surface area (Å²) in [6.45, 7) is 9.47. The Kier molecular flexibility index (Phi) is 9.12. The van der Waals surface area contributed by atoms with Crippen molar-refractivity contribution >= 4 is 47.4 Å². The summed E-state index contributed by atoms with van der Waals surface area (Å²) >= 11 is 1.88. The summed E-state index contributed by atoms with van der Waals surface area (Å²) in [7, 11) is 1.87. The van der Waals surface area contributed by atoms with Gasteiger partial charge in [0.05, 0.1) is 0 Å². The van der Waals surface area contributed by atoms with Crippen LogP contribution in [-0.4, -0.2) is 62.1 Å². The Morgan fingerprint density at radius 3 is 2.57 bits per heavy atom. The molecule has 0 amide bonds. The standard InChI is InChI=1S/C17H28N4S.HI/c1-14-6-5-7-16(12-14)20-8-10-21(11-9-20)17(18-3)19-13-15(2)22-4;/h5-7,12,15H,8-11,13H2,1-4H3,(H,18,19);1H. The summed E-state index contributed by atoms with van der Waals surface area (Å²) in [5, 5.41) is 4.09. The third-order valence-electron chi connectivity index (χ3n) is 4.11. The molecule has 1 aliphatic heterocycles. The molecule has 1 aromatic rings. The van der Waals surface area contributed by atoms with Gasteiger partial charge in [0.2, 0.25) is 0 Å². The van der Waals surface area contributed by atoms with Gasteiger partial charge in [-0.2, -0.15) is 11.8 Å². The topological polar surface area (TPSA) is 30.9 Å². The fraction of sp³-hybridized carbons (Fsp3) is 0.588. The van der Waals surface area contributed by atoms with Gasteiger partial charge in [-0.05, 0) is 30.9 Å². The van der Waals surface area contributed by atoms with E-state index in [1.807, 2.05) is 18.8 Å². The Morgan fingerprint density at radius 1 is 1.30 bits per heavy atom. The van der Waals surface area contributed by atoms with Gasteiger partial charge in [0.15, 0.2) is 5.96 Å². The smallest absolute Gasteiger partial charge is 0.193 e. The molecule has 0 saturated carbocycles. The SMILES string of the molecule is CN=C(NCC(C)SC)N1CCN(c2cccc(C)c2)CC1.I. The third kappa shape index (κ3) is 6.06. The summed E-state index contributed by atoms with van der Waals surface area (Å²) in [5.74, 6) is 1.03. The van der Waals surface area contributed by atoms with Crippen LogP contribution < -0.4 is 10.2 Å². The molecule has 23 heavy (non-hydrogen) atoms. The van der Waals surface area contributed by atoms with Gasteiger partial charge < -0.3 is 15.1 Å². The summed E-state index contributed by atoms with van der Waals surface area (Å²) in [6, 6.07) is 8.76. The molecule has 1 aromatic carbocycles. The molecule has 1 N–H and O–H groups in total. The molecule has 0 radical (unpaired) electrons. The Bertz CT molecular complexity index is 501. The quantitative estimate of drug-likeness (QED) is 0.436. The highest BCUT2D eigenvalue weighted by molar-refractivity contribution is 14.0. The van der Waals surface area contributed by atoms with Crippen molar-refractivity contribution in [3.8, 4) is 0 Å². The minimum Gasteiger partial charge on any atom is -0.368 e. The summed E-state index contributed by atoms with van der Waals surface area (Å²) < 4.78 is 0. The Labute approximate surface area is 162 Å². The van der Waals surface area contributed by atoms with Gasteiger partial charge in [-0.3, -0.25) is 4.99 Å². The Hall–Kier alpha value is -0.630. The van der Waals surface area contributed by atoms with E-state index < -0.39 is 0 Å². The molecular formula is C17H29IN4S. The molecular weight excluding hydrogens is 419 g/mol. The van der Waals surface area contributed by atoms with Crippen LogP contribution in [0.4, 0.5) is 5.69 Å². The molecule has 0 aliphatic carbocycles. The van der Waals surface area contributed by atoms with E-state index in [1.54, 1.807) is 0 Å². The van der Waals surface area contributed by atoms with Gasteiger partial charge >= 0.3 is 0 Å². The van der Waals surface area contributed by atoms with E-state index in [0.29, 0.717) is 5.25 Å². The molecule has 1 fully saturated rings. The van der Waals surface area contributed by atoms with Gasteiger partial charge in [-0.25, -0.2) is 0 Å². The molecule has 1 unspecified atom stereocenters. The van der Waals surface area contributed by atoms with Crippen molar-refractivity contribution in [3.05, 3.63) is 29.8 Å². The third-order valence-corrected chi connectivity index (χ3v) is 5.08. The van der Waals surface area contributed by atoms with E-state index in [-0.39, 0.29) is 24.0 Å².